The van der Waals surface area contributed by atoms with E-state index in [0.717, 1.165) is 51.4 Å². The number of aliphatic carboxylic acids is 2. The summed E-state index contributed by atoms with van der Waals surface area (Å²) in [4.78, 5) is 62.2. The van der Waals surface area contributed by atoms with Gasteiger partial charge in [-0.3, -0.25) is 24.0 Å². The van der Waals surface area contributed by atoms with Gasteiger partial charge in [0.15, 0.2) is 0 Å². The van der Waals surface area contributed by atoms with Crippen molar-refractivity contribution in [3.8, 4) is 0 Å². The number of unbranched alkanes of at least 4 members (excludes halogenated alkanes) is 20. The van der Waals surface area contributed by atoms with Gasteiger partial charge in [-0.25, -0.2) is 0 Å². The van der Waals surface area contributed by atoms with Crippen LogP contribution in [0.15, 0.2) is 18.2 Å². The Hall–Kier alpha value is -3.43. The minimum atomic E-state index is -1.36. The third kappa shape index (κ3) is 23.5. The number of rotatable bonds is 31. The van der Waals surface area contributed by atoms with Crippen molar-refractivity contribution in [3.63, 3.8) is 0 Å². The van der Waals surface area contributed by atoms with Crippen LogP contribution in [-0.4, -0.2) is 57.9 Å². The van der Waals surface area contributed by atoms with Crippen molar-refractivity contribution in [1.29, 1.82) is 0 Å². The average Bonchev–Trinajstić information content (AvgIpc) is 3.05. The topological polar surface area (TPSA) is 153 Å². The number of benzene rings is 1. The van der Waals surface area contributed by atoms with Gasteiger partial charge in [0.1, 0.15) is 13.1 Å². The van der Waals surface area contributed by atoms with Crippen molar-refractivity contribution in [2.24, 2.45) is 0 Å². The van der Waals surface area contributed by atoms with Gasteiger partial charge in [0.2, 0.25) is 11.8 Å². The standard InChI is InChI=1S/C39H65N3O7/c1-3-5-7-9-11-13-15-17-19-21-23-25-35(43)40-33-27-32(39(49)42(30-37(45)46)31-38(47)48)28-34(29-33)41-36(44)26-24-22-20-18-16-14-12-10-8-6-4-2/h27-29H,3-26,30-31H2,1-2H3,(H,40,43)(H,41,44)(H,45,46)(H,47,48). The summed E-state index contributed by atoms with van der Waals surface area (Å²) in [5.41, 5.74) is 0.518. The summed E-state index contributed by atoms with van der Waals surface area (Å²) in [6.45, 7) is 2.83. The van der Waals surface area contributed by atoms with E-state index >= 15 is 0 Å². The molecule has 0 heterocycles. The van der Waals surface area contributed by atoms with Gasteiger partial charge in [-0.05, 0) is 31.0 Å². The molecule has 10 heteroatoms. The highest BCUT2D eigenvalue weighted by atomic mass is 16.4. The lowest BCUT2D eigenvalue weighted by Gasteiger charge is -2.20. The zero-order valence-corrected chi connectivity index (χ0v) is 30.5. The van der Waals surface area contributed by atoms with Crippen LogP contribution in [0.2, 0.25) is 0 Å². The smallest absolute Gasteiger partial charge is 0.323 e. The second-order valence-electron chi connectivity index (χ2n) is 13.4. The first-order valence-corrected chi connectivity index (χ1v) is 19.1. The van der Waals surface area contributed by atoms with Crippen LogP contribution >= 0.6 is 0 Å². The number of carboxylic acid groups (broad SMARTS) is 2. The van der Waals surface area contributed by atoms with Crippen LogP contribution in [0.4, 0.5) is 11.4 Å². The normalized spacial score (nSPS) is 10.9. The van der Waals surface area contributed by atoms with Crippen LogP contribution in [0.1, 0.15) is 178 Å². The second-order valence-corrected chi connectivity index (χ2v) is 13.4. The van der Waals surface area contributed by atoms with Gasteiger partial charge >= 0.3 is 11.9 Å². The second kappa shape index (κ2) is 28.4. The van der Waals surface area contributed by atoms with E-state index < -0.39 is 30.9 Å². The van der Waals surface area contributed by atoms with E-state index in [0.29, 0.717) is 17.7 Å². The first kappa shape index (κ1) is 43.6. The summed E-state index contributed by atoms with van der Waals surface area (Å²) in [6, 6.07) is 4.33. The zero-order valence-electron chi connectivity index (χ0n) is 30.5. The van der Waals surface area contributed by atoms with Gasteiger partial charge in [-0.2, -0.15) is 0 Å². The van der Waals surface area contributed by atoms with Crippen LogP contribution in [-0.2, 0) is 19.2 Å². The molecule has 0 spiro atoms. The Bertz CT molecular complexity index is 1030. The Morgan fingerprint density at radius 3 is 1.10 bits per heavy atom. The molecule has 49 heavy (non-hydrogen) atoms. The molecule has 278 valence electrons. The number of nitrogens with zero attached hydrogens (tertiary/aromatic N) is 1. The molecule has 1 aromatic rings. The van der Waals surface area contributed by atoms with Crippen LogP contribution in [0, 0.1) is 0 Å². The molecule has 0 aliphatic heterocycles. The molecule has 3 amide bonds. The van der Waals surface area contributed by atoms with E-state index in [1.54, 1.807) is 6.07 Å². The minimum absolute atomic E-state index is 0.0278. The van der Waals surface area contributed by atoms with Crippen molar-refractivity contribution in [2.45, 2.75) is 168 Å². The summed E-state index contributed by atoms with van der Waals surface area (Å²) in [5.74, 6) is -4.00. The molecule has 0 aliphatic carbocycles. The summed E-state index contributed by atoms with van der Waals surface area (Å²) < 4.78 is 0. The quantitative estimate of drug-likeness (QED) is 0.0567. The monoisotopic (exact) mass is 687 g/mol. The Morgan fingerprint density at radius 1 is 0.490 bits per heavy atom. The van der Waals surface area contributed by atoms with Gasteiger partial charge in [-0.15, -0.1) is 0 Å². The maximum absolute atomic E-state index is 13.2. The number of carbonyl (C=O) groups excluding carboxylic acids is 3. The lowest BCUT2D eigenvalue weighted by Crippen LogP contribution is -2.39. The van der Waals surface area contributed by atoms with Gasteiger partial charge in [0.05, 0.1) is 0 Å². The number of hydrogen-bond acceptors (Lipinski definition) is 5. The largest absolute Gasteiger partial charge is 0.480 e. The Labute approximate surface area is 295 Å². The molecule has 0 bridgehead atoms. The molecular weight excluding hydrogens is 622 g/mol. The Balaban J connectivity index is 2.70. The predicted molar refractivity (Wildman–Crippen MR) is 197 cm³/mol. The lowest BCUT2D eigenvalue weighted by atomic mass is 10.0. The number of amides is 3. The number of nitrogens with one attached hydrogen (secondary N) is 2. The highest BCUT2D eigenvalue weighted by molar-refractivity contribution is 6.02. The fraction of sp³-hybridized carbons (Fsp3) is 0.718. The number of hydrogen-bond donors (Lipinski definition) is 4. The first-order valence-electron chi connectivity index (χ1n) is 19.1. The Kier molecular flexibility index (Phi) is 25.3. The molecular formula is C39H65N3O7. The van der Waals surface area contributed by atoms with Gasteiger partial charge < -0.3 is 25.7 Å². The number of carboxylic acids is 2. The van der Waals surface area contributed by atoms with Crippen LogP contribution in [0.3, 0.4) is 0 Å². The average molecular weight is 688 g/mol. The van der Waals surface area contributed by atoms with E-state index in [9.17, 15) is 34.2 Å². The van der Waals surface area contributed by atoms with Crippen molar-refractivity contribution >= 4 is 41.0 Å². The summed E-state index contributed by atoms with van der Waals surface area (Å²) in [5, 5.41) is 24.1. The molecule has 0 saturated heterocycles. The molecule has 0 fully saturated rings. The van der Waals surface area contributed by atoms with Crippen LogP contribution < -0.4 is 10.6 Å². The molecule has 0 saturated carbocycles. The van der Waals surface area contributed by atoms with Gasteiger partial charge in [0.25, 0.3) is 5.91 Å². The summed E-state index contributed by atoms with van der Waals surface area (Å²) in [6.07, 6.45) is 26.3. The molecule has 10 nitrogen and oxygen atoms in total. The van der Waals surface area contributed by atoms with Crippen molar-refractivity contribution < 1.29 is 34.2 Å². The highest BCUT2D eigenvalue weighted by Gasteiger charge is 2.22. The SMILES string of the molecule is CCCCCCCCCCCCCC(=O)Nc1cc(NC(=O)CCCCCCCCCCCCC)cc(C(=O)N(CC(=O)O)CC(=O)O)c1. The van der Waals surface area contributed by atoms with Gasteiger partial charge in [0, 0.05) is 29.8 Å². The lowest BCUT2D eigenvalue weighted by molar-refractivity contribution is -0.140. The predicted octanol–water partition coefficient (Wildman–Crippen LogP) is 9.58. The van der Waals surface area contributed by atoms with E-state index in [4.69, 9.17) is 0 Å². The molecule has 0 aliphatic rings. The maximum Gasteiger partial charge on any atom is 0.323 e. The van der Waals surface area contributed by atoms with E-state index in [1.807, 2.05) is 0 Å². The molecule has 1 aromatic carbocycles. The molecule has 0 atom stereocenters. The van der Waals surface area contributed by atoms with Gasteiger partial charge in [-0.1, -0.05) is 142 Å². The molecule has 0 radical (unpaired) electrons. The van der Waals surface area contributed by atoms with Crippen molar-refractivity contribution in [1.82, 2.24) is 4.90 Å². The third-order valence-corrected chi connectivity index (χ3v) is 8.70. The fourth-order valence-corrected chi connectivity index (χ4v) is 5.95. The van der Waals surface area contributed by atoms with E-state index in [1.165, 1.54) is 102 Å². The van der Waals surface area contributed by atoms with E-state index in [-0.39, 0.29) is 28.8 Å². The number of anilines is 2. The zero-order chi connectivity index (χ0) is 36.1. The first-order chi connectivity index (χ1) is 23.7. The number of carbonyl (C=O) groups is 5. The molecule has 0 unspecified atom stereocenters. The maximum atomic E-state index is 13.2. The van der Waals surface area contributed by atoms with Crippen LogP contribution in [0.25, 0.3) is 0 Å². The molecule has 4 N–H and O–H groups in total. The van der Waals surface area contributed by atoms with E-state index in [2.05, 4.69) is 24.5 Å². The van der Waals surface area contributed by atoms with Crippen molar-refractivity contribution in [3.05, 3.63) is 23.8 Å². The fourth-order valence-electron chi connectivity index (χ4n) is 5.95. The summed E-state index contributed by atoms with van der Waals surface area (Å²) >= 11 is 0. The highest BCUT2D eigenvalue weighted by Crippen LogP contribution is 2.22. The van der Waals surface area contributed by atoms with Crippen LogP contribution in [0.5, 0.6) is 0 Å². The van der Waals surface area contributed by atoms with Crippen molar-refractivity contribution in [2.75, 3.05) is 23.7 Å². The third-order valence-electron chi connectivity index (χ3n) is 8.70. The molecule has 1 rings (SSSR count). The summed E-state index contributed by atoms with van der Waals surface area (Å²) in [7, 11) is 0. The molecule has 0 aromatic heterocycles. The Morgan fingerprint density at radius 2 is 0.796 bits per heavy atom. The minimum Gasteiger partial charge on any atom is -0.480 e.